The van der Waals surface area contributed by atoms with Crippen LogP contribution in [-0.4, -0.2) is 29.9 Å². The lowest BCUT2D eigenvalue weighted by Crippen LogP contribution is -2.28. The van der Waals surface area contributed by atoms with E-state index >= 15 is 0 Å². The van der Waals surface area contributed by atoms with E-state index in [9.17, 15) is 0 Å². The number of aromatic nitrogens is 6. The molecule has 6 heteroatoms. The van der Waals surface area contributed by atoms with Crippen LogP contribution in [0.3, 0.4) is 0 Å². The maximum absolute atomic E-state index is 5.46. The fourth-order valence-corrected chi connectivity index (χ4v) is 24.1. The lowest BCUT2D eigenvalue weighted by molar-refractivity contribution is 0.769. The summed E-state index contributed by atoms with van der Waals surface area (Å²) < 4.78 is 0. The number of nitrogens with zero attached hydrogens (tertiary/aromatic N) is 6. The van der Waals surface area contributed by atoms with Crippen molar-refractivity contribution in [3.8, 4) is 101 Å². The highest BCUT2D eigenvalue weighted by Crippen LogP contribution is 2.63. The molecule has 29 rings (SSSR count). The Morgan fingerprint density at radius 2 is 0.413 bits per heavy atom. The molecule has 0 saturated heterocycles. The van der Waals surface area contributed by atoms with Gasteiger partial charge < -0.3 is 0 Å². The molecule has 0 N–H and O–H groups in total. The first-order chi connectivity index (χ1) is 71.0. The standard InChI is InChI=1S/2C47H30N2.C43H28N2/c1-4-16-33(17-5-1)45-44-36-23-11-10-15-31(36)28-30-41(44)48-46(49-45)38-25-14-18-32-27-29-40-43(42(32)38)37-24-12-13-26-39(37)47(40,34-19-6-2-7-20-34)35-21-8-3-9-22-35;1-4-16-33(17-5-1)44-39-29-27-31-15-10-11-23-36(31)45(39)49-46(48-44)38-25-14-18-32-28-30-41-43(42(32)38)37-24-12-13-26-40(37)47(41,34-19-6-2-7-20-34)35-21-8-3-9-22-35;1-4-15-30(16-5-1)41-34-23-11-13-26-38(34)44-42(45-41)35-24-14-17-29-27-28-37-40(39(29)35)33-22-10-12-25-36(33)43(37,31-18-6-2-7-19-31)32-20-8-3-9-21-32/h2*1-30H;1-28H. The maximum atomic E-state index is 5.46. The Balaban J connectivity index is 0.000000107. The average Bonchev–Trinajstić information content (AvgIpc) is 1.53. The van der Waals surface area contributed by atoms with Crippen LogP contribution in [0.1, 0.15) is 66.8 Å². The highest BCUT2D eigenvalue weighted by Gasteiger charge is 2.51. The first kappa shape index (κ1) is 83.7. The van der Waals surface area contributed by atoms with Crippen LogP contribution in [-0.2, 0) is 16.2 Å². The molecule has 0 aliphatic heterocycles. The quantitative estimate of drug-likeness (QED) is 0.113. The van der Waals surface area contributed by atoms with E-state index in [1.807, 2.05) is 6.07 Å². The van der Waals surface area contributed by atoms with Gasteiger partial charge in [-0.3, -0.25) is 0 Å². The summed E-state index contributed by atoms with van der Waals surface area (Å²) in [6.45, 7) is 0. The molecule has 23 aromatic carbocycles. The minimum Gasteiger partial charge on any atom is -0.228 e. The third-order valence-electron chi connectivity index (χ3n) is 30.0. The van der Waals surface area contributed by atoms with Crippen LogP contribution >= 0.6 is 0 Å². The van der Waals surface area contributed by atoms with Crippen molar-refractivity contribution in [3.63, 3.8) is 0 Å². The molecule has 3 aromatic heterocycles. The van der Waals surface area contributed by atoms with Gasteiger partial charge >= 0.3 is 0 Å². The second kappa shape index (κ2) is 34.5. The van der Waals surface area contributed by atoms with Crippen molar-refractivity contribution in [1.29, 1.82) is 0 Å². The van der Waals surface area contributed by atoms with Crippen molar-refractivity contribution in [2.75, 3.05) is 0 Å². The van der Waals surface area contributed by atoms with E-state index in [4.69, 9.17) is 29.9 Å². The number of benzene rings is 23. The van der Waals surface area contributed by atoms with Crippen LogP contribution < -0.4 is 0 Å². The molecule has 0 unspecified atom stereocenters. The van der Waals surface area contributed by atoms with E-state index in [0.717, 1.165) is 111 Å². The lowest BCUT2D eigenvalue weighted by atomic mass is 9.67. The molecule has 0 bridgehead atoms. The fourth-order valence-electron chi connectivity index (χ4n) is 24.1. The van der Waals surface area contributed by atoms with Gasteiger partial charge in [0, 0.05) is 71.1 Å². The van der Waals surface area contributed by atoms with E-state index in [-0.39, 0.29) is 0 Å². The van der Waals surface area contributed by atoms with Gasteiger partial charge in [-0.1, -0.05) is 516 Å². The molecular weight excluding hydrogens is 1730 g/mol. The van der Waals surface area contributed by atoms with Crippen LogP contribution in [0.4, 0.5) is 0 Å². The molecular formula is C137H88N6. The monoisotopic (exact) mass is 1820 g/mol. The van der Waals surface area contributed by atoms with Crippen molar-refractivity contribution in [2.45, 2.75) is 16.2 Å². The fraction of sp³-hybridized carbons (Fsp3) is 0.0219. The number of fused-ring (bicyclic) bond motifs is 22. The molecule has 0 atom stereocenters. The van der Waals surface area contributed by atoms with Crippen LogP contribution in [0, 0.1) is 0 Å². The van der Waals surface area contributed by atoms with Gasteiger partial charge in [-0.15, -0.1) is 0 Å². The minimum absolute atomic E-state index is 0.463. The van der Waals surface area contributed by atoms with Gasteiger partial charge in [-0.2, -0.15) is 0 Å². The molecule has 26 aromatic rings. The summed E-state index contributed by atoms with van der Waals surface area (Å²) in [6, 6.07) is 192. The van der Waals surface area contributed by atoms with Crippen LogP contribution in [0.2, 0.25) is 0 Å². The number of rotatable bonds is 12. The molecule has 666 valence electrons. The molecule has 143 heavy (non-hydrogen) atoms. The predicted molar refractivity (Wildman–Crippen MR) is 591 cm³/mol. The van der Waals surface area contributed by atoms with Crippen molar-refractivity contribution in [1.82, 2.24) is 29.9 Å². The van der Waals surface area contributed by atoms with Gasteiger partial charge in [0.25, 0.3) is 0 Å². The van der Waals surface area contributed by atoms with E-state index in [1.54, 1.807) is 0 Å². The van der Waals surface area contributed by atoms with Gasteiger partial charge in [0.1, 0.15) is 0 Å². The highest BCUT2D eigenvalue weighted by molar-refractivity contribution is 6.18. The summed E-state index contributed by atoms with van der Waals surface area (Å²) in [7, 11) is 0. The third kappa shape index (κ3) is 13.3. The zero-order chi connectivity index (χ0) is 94.5. The van der Waals surface area contributed by atoms with E-state index in [2.05, 4.69) is 528 Å². The third-order valence-corrected chi connectivity index (χ3v) is 30.0. The molecule has 6 nitrogen and oxygen atoms in total. The summed E-state index contributed by atoms with van der Waals surface area (Å²) in [5, 5.41) is 14.9. The zero-order valence-corrected chi connectivity index (χ0v) is 78.0. The number of hydrogen-bond acceptors (Lipinski definition) is 6. The normalized spacial score (nSPS) is 13.1. The summed E-state index contributed by atoms with van der Waals surface area (Å²) in [4.78, 5) is 32.2. The Morgan fingerprint density at radius 1 is 0.140 bits per heavy atom. The number of hydrogen-bond donors (Lipinski definition) is 0. The van der Waals surface area contributed by atoms with Crippen LogP contribution in [0.25, 0.3) is 188 Å². The summed E-state index contributed by atoms with van der Waals surface area (Å²) in [5.74, 6) is 2.20. The topological polar surface area (TPSA) is 77.3 Å². The molecule has 0 amide bonds. The molecule has 0 saturated carbocycles. The average molecular weight is 1820 g/mol. The molecule has 3 aliphatic carbocycles. The first-order valence-corrected chi connectivity index (χ1v) is 49.1. The Morgan fingerprint density at radius 3 is 0.811 bits per heavy atom. The summed E-state index contributed by atoms with van der Waals surface area (Å²) in [5.41, 5.74) is 33.4. The summed E-state index contributed by atoms with van der Waals surface area (Å²) >= 11 is 0. The Hall–Kier alpha value is -18.6. The van der Waals surface area contributed by atoms with Gasteiger partial charge in [-0.25, -0.2) is 29.9 Å². The first-order valence-electron chi connectivity index (χ1n) is 49.1. The smallest absolute Gasteiger partial charge is 0.161 e. The molecule has 3 heterocycles. The van der Waals surface area contributed by atoms with E-state index in [1.165, 1.54) is 143 Å². The van der Waals surface area contributed by atoms with Crippen LogP contribution in [0.15, 0.2) is 534 Å². The largest absolute Gasteiger partial charge is 0.228 e. The minimum atomic E-state index is -0.481. The predicted octanol–water partition coefficient (Wildman–Crippen LogP) is 33.7. The van der Waals surface area contributed by atoms with Crippen molar-refractivity contribution >= 4 is 86.6 Å². The maximum Gasteiger partial charge on any atom is 0.161 e. The molecule has 0 spiro atoms. The number of para-hydroxylation sites is 1. The van der Waals surface area contributed by atoms with Crippen molar-refractivity contribution in [2.24, 2.45) is 0 Å². The molecule has 0 fully saturated rings. The van der Waals surface area contributed by atoms with Crippen molar-refractivity contribution in [3.05, 3.63) is 601 Å². The van der Waals surface area contributed by atoms with Gasteiger partial charge in [0.05, 0.1) is 49.9 Å². The highest BCUT2D eigenvalue weighted by atomic mass is 14.9. The van der Waals surface area contributed by atoms with Gasteiger partial charge in [0.15, 0.2) is 17.5 Å². The summed E-state index contributed by atoms with van der Waals surface area (Å²) in [6.07, 6.45) is 0. The molecule has 3 aliphatic rings. The van der Waals surface area contributed by atoms with Crippen LogP contribution in [0.5, 0.6) is 0 Å². The van der Waals surface area contributed by atoms with Gasteiger partial charge in [-0.05, 0) is 151 Å². The molecule has 0 radical (unpaired) electrons. The second-order valence-corrected chi connectivity index (χ2v) is 37.4. The second-order valence-electron chi connectivity index (χ2n) is 37.4. The Bertz CT molecular complexity index is 9380. The SMILES string of the molecule is c1ccc(-c2nc(-c3cccc4ccc5c(c34)-c3ccccc3C5(c3ccccc3)c3ccccc3)nc3c2ccc2ccccc23)cc1.c1ccc(-c2nc(-c3cccc4ccc5c(c34)-c3ccccc3C5(c3ccccc3)c3ccccc3)nc3ccc4ccccc4c23)cc1.c1ccc(-c2nc(-c3cccc4ccc5c(c34)-c3ccccc3C5(c3ccccc3)c3ccccc3)nc3ccccc23)cc1. The Kier molecular flexibility index (Phi) is 20.2. The van der Waals surface area contributed by atoms with Crippen molar-refractivity contribution < 1.29 is 0 Å². The van der Waals surface area contributed by atoms with E-state index in [0.29, 0.717) is 0 Å². The Labute approximate surface area is 828 Å². The van der Waals surface area contributed by atoms with Gasteiger partial charge in [0.2, 0.25) is 0 Å². The lowest BCUT2D eigenvalue weighted by Gasteiger charge is -2.34. The van der Waals surface area contributed by atoms with E-state index < -0.39 is 16.2 Å². The zero-order valence-electron chi connectivity index (χ0n) is 78.0.